The molecule has 1 heteroatoms. The molecule has 0 nitrogen and oxygen atoms in total. The summed E-state index contributed by atoms with van der Waals surface area (Å²) in [4.78, 5) is 0. The van der Waals surface area contributed by atoms with E-state index in [0.717, 1.165) is 0 Å². The highest BCUT2D eigenvalue weighted by molar-refractivity contribution is 7.08. The molecule has 1 aromatic heterocycles. The minimum absolute atomic E-state index is 1.25. The minimum Gasteiger partial charge on any atom is -0.152 e. The summed E-state index contributed by atoms with van der Waals surface area (Å²) in [6.45, 7) is 0. The van der Waals surface area contributed by atoms with Crippen molar-refractivity contribution in [1.82, 2.24) is 0 Å². The summed E-state index contributed by atoms with van der Waals surface area (Å²) in [5.41, 5.74) is 2.51. The van der Waals surface area contributed by atoms with Crippen LogP contribution < -0.4 is 0 Å². The molecule has 0 atom stereocenters. The molecule has 1 heterocycles. The molecule has 0 N–H and O–H groups in total. The molecule has 3 rings (SSSR count). The largest absolute Gasteiger partial charge is 0.152 e. The van der Waals surface area contributed by atoms with Gasteiger partial charge in [0.25, 0.3) is 0 Å². The van der Waals surface area contributed by atoms with Crippen LogP contribution in [0.2, 0.25) is 0 Å². The molecule has 0 radical (unpaired) electrons. The first-order valence-corrected chi connectivity index (χ1v) is 6.55. The second-order valence-electron chi connectivity index (χ2n) is 4.00. The van der Waals surface area contributed by atoms with Crippen LogP contribution in [0.5, 0.6) is 0 Å². The molecule has 3 aromatic rings. The lowest BCUT2D eigenvalue weighted by atomic mass is 10.1. The van der Waals surface area contributed by atoms with Gasteiger partial charge in [0.05, 0.1) is 0 Å². The summed E-state index contributed by atoms with van der Waals surface area (Å²) in [7, 11) is 0. The quantitative estimate of drug-likeness (QED) is 0.582. The Bertz CT molecular complexity index is 648. The lowest BCUT2D eigenvalue weighted by Crippen LogP contribution is -1.74. The van der Waals surface area contributed by atoms with Gasteiger partial charge in [-0.1, -0.05) is 48.6 Å². The Morgan fingerprint density at radius 3 is 2.41 bits per heavy atom. The summed E-state index contributed by atoms with van der Waals surface area (Å²) in [5, 5.41) is 6.83. The molecule has 0 aliphatic carbocycles. The summed E-state index contributed by atoms with van der Waals surface area (Å²) < 4.78 is 0. The van der Waals surface area contributed by atoms with Gasteiger partial charge in [0.15, 0.2) is 0 Å². The number of fused-ring (bicyclic) bond motifs is 1. The molecule has 82 valence electrons. The zero-order chi connectivity index (χ0) is 11.5. The predicted molar refractivity (Wildman–Crippen MR) is 77.2 cm³/mol. The van der Waals surface area contributed by atoms with Gasteiger partial charge >= 0.3 is 0 Å². The second-order valence-corrected chi connectivity index (χ2v) is 4.78. The van der Waals surface area contributed by atoms with E-state index in [4.69, 9.17) is 0 Å². The number of benzene rings is 2. The van der Waals surface area contributed by atoms with Gasteiger partial charge in [0, 0.05) is 0 Å². The predicted octanol–water partition coefficient (Wildman–Crippen LogP) is 5.07. The van der Waals surface area contributed by atoms with Crippen LogP contribution in [0.15, 0.2) is 59.3 Å². The third-order valence-electron chi connectivity index (χ3n) is 2.78. The van der Waals surface area contributed by atoms with Crippen LogP contribution in [-0.2, 0) is 0 Å². The highest BCUT2D eigenvalue weighted by Crippen LogP contribution is 2.17. The molecular formula is C16H12S. The van der Waals surface area contributed by atoms with Crippen LogP contribution in [0, 0.1) is 0 Å². The minimum atomic E-state index is 1.25. The van der Waals surface area contributed by atoms with Crippen LogP contribution >= 0.6 is 11.3 Å². The van der Waals surface area contributed by atoms with E-state index in [-0.39, 0.29) is 0 Å². The van der Waals surface area contributed by atoms with E-state index in [0.29, 0.717) is 0 Å². The fourth-order valence-corrected chi connectivity index (χ4v) is 2.50. The van der Waals surface area contributed by atoms with E-state index < -0.39 is 0 Å². The fraction of sp³-hybridized carbons (Fsp3) is 0. The van der Waals surface area contributed by atoms with Crippen molar-refractivity contribution in [3.05, 3.63) is 70.4 Å². The monoisotopic (exact) mass is 236 g/mol. The number of thiophene rings is 1. The summed E-state index contributed by atoms with van der Waals surface area (Å²) in [5.74, 6) is 0. The zero-order valence-electron chi connectivity index (χ0n) is 9.34. The molecule has 0 saturated carbocycles. The summed E-state index contributed by atoms with van der Waals surface area (Å²) in [6, 6.07) is 17.1. The van der Waals surface area contributed by atoms with Gasteiger partial charge in [-0.05, 0) is 44.8 Å². The number of hydrogen-bond acceptors (Lipinski definition) is 1. The van der Waals surface area contributed by atoms with Gasteiger partial charge < -0.3 is 0 Å². The average Bonchev–Trinajstić information content (AvgIpc) is 2.89. The van der Waals surface area contributed by atoms with E-state index in [1.807, 2.05) is 0 Å². The SMILES string of the molecule is C(=C\c1ccc2ccccc2c1)/c1ccsc1. The van der Waals surface area contributed by atoms with Crippen LogP contribution in [-0.4, -0.2) is 0 Å². The molecule has 0 amide bonds. The third-order valence-corrected chi connectivity index (χ3v) is 3.49. The fourth-order valence-electron chi connectivity index (χ4n) is 1.87. The number of rotatable bonds is 2. The van der Waals surface area contributed by atoms with Gasteiger partial charge in [0.1, 0.15) is 0 Å². The molecule has 0 fully saturated rings. The topological polar surface area (TPSA) is 0 Å². The van der Waals surface area contributed by atoms with E-state index in [9.17, 15) is 0 Å². The van der Waals surface area contributed by atoms with Gasteiger partial charge in [-0.25, -0.2) is 0 Å². The lowest BCUT2D eigenvalue weighted by Gasteiger charge is -1.98. The molecule has 0 unspecified atom stereocenters. The maximum absolute atomic E-state index is 2.22. The molecule has 2 aromatic carbocycles. The Kier molecular flexibility index (Phi) is 2.76. The van der Waals surface area contributed by atoms with Gasteiger partial charge in [-0.2, -0.15) is 11.3 Å². The van der Waals surface area contributed by atoms with Crippen molar-refractivity contribution in [2.75, 3.05) is 0 Å². The highest BCUT2D eigenvalue weighted by atomic mass is 32.1. The van der Waals surface area contributed by atoms with E-state index in [1.54, 1.807) is 11.3 Å². The van der Waals surface area contributed by atoms with Crippen molar-refractivity contribution in [2.45, 2.75) is 0 Å². The first-order valence-electron chi connectivity index (χ1n) is 5.61. The highest BCUT2D eigenvalue weighted by Gasteiger charge is 1.93. The molecule has 0 spiro atoms. The van der Waals surface area contributed by atoms with Crippen molar-refractivity contribution in [3.63, 3.8) is 0 Å². The molecule has 0 aliphatic rings. The summed E-state index contributed by atoms with van der Waals surface area (Å²) in [6.07, 6.45) is 4.31. The van der Waals surface area contributed by atoms with Crippen molar-refractivity contribution >= 4 is 34.3 Å². The third kappa shape index (κ3) is 2.29. The van der Waals surface area contributed by atoms with Gasteiger partial charge in [-0.3, -0.25) is 0 Å². The number of hydrogen-bond donors (Lipinski definition) is 0. The summed E-state index contributed by atoms with van der Waals surface area (Å²) >= 11 is 1.73. The van der Waals surface area contributed by atoms with Crippen LogP contribution in [0.4, 0.5) is 0 Å². The molecule has 0 saturated heterocycles. The Morgan fingerprint density at radius 2 is 1.59 bits per heavy atom. The molecule has 0 aliphatic heterocycles. The van der Waals surface area contributed by atoms with E-state index >= 15 is 0 Å². The Hall–Kier alpha value is -1.86. The van der Waals surface area contributed by atoms with Gasteiger partial charge in [0.2, 0.25) is 0 Å². The normalized spacial score (nSPS) is 11.3. The zero-order valence-corrected chi connectivity index (χ0v) is 10.2. The Labute approximate surface area is 105 Å². The van der Waals surface area contributed by atoms with Crippen molar-refractivity contribution in [3.8, 4) is 0 Å². The molecule has 17 heavy (non-hydrogen) atoms. The smallest absolute Gasteiger partial charge is 0.00208 e. The van der Waals surface area contributed by atoms with E-state index in [1.165, 1.54) is 21.9 Å². The first-order chi connectivity index (χ1) is 8.42. The average molecular weight is 236 g/mol. The maximum atomic E-state index is 2.22. The maximum Gasteiger partial charge on any atom is -0.00208 e. The van der Waals surface area contributed by atoms with Gasteiger partial charge in [-0.15, -0.1) is 0 Å². The van der Waals surface area contributed by atoms with Crippen LogP contribution in [0.25, 0.3) is 22.9 Å². The van der Waals surface area contributed by atoms with Crippen molar-refractivity contribution < 1.29 is 0 Å². The van der Waals surface area contributed by atoms with Crippen molar-refractivity contribution in [2.24, 2.45) is 0 Å². The second kappa shape index (κ2) is 4.56. The standard InChI is InChI=1S/C16H12S/c1-2-4-16-11-13(7-8-15(16)3-1)5-6-14-9-10-17-12-14/h1-12H/b6-5+. The van der Waals surface area contributed by atoms with E-state index in [2.05, 4.69) is 71.4 Å². The Morgan fingerprint density at radius 1 is 0.765 bits per heavy atom. The van der Waals surface area contributed by atoms with Crippen molar-refractivity contribution in [1.29, 1.82) is 0 Å². The molecule has 0 bridgehead atoms. The first kappa shape index (κ1) is 10.3. The lowest BCUT2D eigenvalue weighted by molar-refractivity contribution is 1.71. The van der Waals surface area contributed by atoms with Crippen LogP contribution in [0.1, 0.15) is 11.1 Å². The van der Waals surface area contributed by atoms with Crippen LogP contribution in [0.3, 0.4) is 0 Å². The molecular weight excluding hydrogens is 224 g/mol. The Balaban J connectivity index is 1.96.